The van der Waals surface area contributed by atoms with Crippen molar-refractivity contribution in [1.29, 1.82) is 5.26 Å². The van der Waals surface area contributed by atoms with Gasteiger partial charge < -0.3 is 5.32 Å². The molecule has 1 aliphatic carbocycles. The third-order valence-corrected chi connectivity index (χ3v) is 3.00. The molecule has 1 aromatic rings. The molecule has 1 heterocycles. The predicted molar refractivity (Wildman–Crippen MR) is 70.9 cm³/mol. The zero-order valence-electron chi connectivity index (χ0n) is 10.3. The first-order valence-corrected chi connectivity index (χ1v) is 6.28. The zero-order chi connectivity index (χ0) is 12.6. The Hall–Kier alpha value is -2.09. The van der Waals surface area contributed by atoms with Crippen molar-refractivity contribution in [3.8, 4) is 6.19 Å². The SMILES string of the molecule is N#CNC(=NC1CCCCC1)Nc1ccncc1. The lowest BCUT2D eigenvalue weighted by Gasteiger charge is -2.19. The highest BCUT2D eigenvalue weighted by atomic mass is 15.2. The molecule has 0 amide bonds. The molecule has 1 fully saturated rings. The number of nitrogens with one attached hydrogen (secondary N) is 2. The first-order valence-electron chi connectivity index (χ1n) is 6.28. The van der Waals surface area contributed by atoms with Crippen molar-refractivity contribution < 1.29 is 0 Å². The lowest BCUT2D eigenvalue weighted by Crippen LogP contribution is -2.29. The molecule has 0 radical (unpaired) electrons. The molecule has 18 heavy (non-hydrogen) atoms. The fraction of sp³-hybridized carbons (Fsp3) is 0.462. The minimum absolute atomic E-state index is 0.323. The van der Waals surface area contributed by atoms with Gasteiger partial charge in [0.15, 0.2) is 6.19 Å². The van der Waals surface area contributed by atoms with Crippen LogP contribution < -0.4 is 10.6 Å². The molecule has 1 aromatic heterocycles. The number of rotatable bonds is 2. The van der Waals surface area contributed by atoms with Crippen LogP contribution in [-0.4, -0.2) is 17.0 Å². The van der Waals surface area contributed by atoms with E-state index in [1.165, 1.54) is 19.3 Å². The summed E-state index contributed by atoms with van der Waals surface area (Å²) < 4.78 is 0. The van der Waals surface area contributed by atoms with Crippen LogP contribution >= 0.6 is 0 Å². The number of aliphatic imine (C=N–C) groups is 1. The highest BCUT2D eigenvalue weighted by molar-refractivity contribution is 5.94. The second-order valence-electron chi connectivity index (χ2n) is 4.37. The van der Waals surface area contributed by atoms with Gasteiger partial charge in [0.1, 0.15) is 0 Å². The minimum atomic E-state index is 0.323. The van der Waals surface area contributed by atoms with Crippen molar-refractivity contribution >= 4 is 11.6 Å². The van der Waals surface area contributed by atoms with Crippen molar-refractivity contribution in [2.75, 3.05) is 5.32 Å². The van der Waals surface area contributed by atoms with E-state index in [4.69, 9.17) is 5.26 Å². The van der Waals surface area contributed by atoms with Gasteiger partial charge in [0.25, 0.3) is 0 Å². The minimum Gasteiger partial charge on any atom is -0.325 e. The number of pyridine rings is 1. The van der Waals surface area contributed by atoms with Crippen LogP contribution in [-0.2, 0) is 0 Å². The summed E-state index contributed by atoms with van der Waals surface area (Å²) >= 11 is 0. The van der Waals surface area contributed by atoms with E-state index < -0.39 is 0 Å². The Morgan fingerprint density at radius 3 is 2.67 bits per heavy atom. The summed E-state index contributed by atoms with van der Waals surface area (Å²) in [4.78, 5) is 8.52. The van der Waals surface area contributed by atoms with Crippen molar-refractivity contribution in [3.05, 3.63) is 24.5 Å². The van der Waals surface area contributed by atoms with Crippen molar-refractivity contribution in [1.82, 2.24) is 10.3 Å². The maximum atomic E-state index is 8.75. The quantitative estimate of drug-likeness (QED) is 0.361. The predicted octanol–water partition coefficient (Wildman–Crippen LogP) is 2.25. The van der Waals surface area contributed by atoms with E-state index in [1.54, 1.807) is 12.4 Å². The lowest BCUT2D eigenvalue weighted by atomic mass is 9.96. The van der Waals surface area contributed by atoms with Gasteiger partial charge in [0, 0.05) is 18.1 Å². The zero-order valence-corrected chi connectivity index (χ0v) is 10.3. The molecule has 0 bridgehead atoms. The lowest BCUT2D eigenvalue weighted by molar-refractivity contribution is 0.443. The molecule has 0 unspecified atom stereocenters. The van der Waals surface area contributed by atoms with Gasteiger partial charge >= 0.3 is 0 Å². The Morgan fingerprint density at radius 2 is 2.00 bits per heavy atom. The van der Waals surface area contributed by atoms with Crippen LogP contribution in [0.1, 0.15) is 32.1 Å². The van der Waals surface area contributed by atoms with Crippen LogP contribution in [0.3, 0.4) is 0 Å². The Bertz CT molecular complexity index is 428. The summed E-state index contributed by atoms with van der Waals surface area (Å²) in [7, 11) is 0. The number of aromatic nitrogens is 1. The van der Waals surface area contributed by atoms with E-state index in [0.29, 0.717) is 12.0 Å². The van der Waals surface area contributed by atoms with Crippen LogP contribution in [0.2, 0.25) is 0 Å². The molecular weight excluding hydrogens is 226 g/mol. The highest BCUT2D eigenvalue weighted by Crippen LogP contribution is 2.20. The average Bonchev–Trinajstić information content (AvgIpc) is 2.41. The number of nitriles is 1. The third-order valence-electron chi connectivity index (χ3n) is 3.00. The summed E-state index contributed by atoms with van der Waals surface area (Å²) in [6.07, 6.45) is 11.3. The summed E-state index contributed by atoms with van der Waals surface area (Å²) in [5.74, 6) is 0.524. The molecule has 94 valence electrons. The fourth-order valence-corrected chi connectivity index (χ4v) is 2.11. The van der Waals surface area contributed by atoms with Crippen LogP contribution in [0, 0.1) is 11.5 Å². The van der Waals surface area contributed by atoms with E-state index in [1.807, 2.05) is 18.3 Å². The van der Waals surface area contributed by atoms with Gasteiger partial charge in [-0.25, -0.2) is 4.99 Å². The van der Waals surface area contributed by atoms with Gasteiger partial charge in [0.2, 0.25) is 5.96 Å². The molecule has 0 aromatic carbocycles. The molecule has 0 atom stereocenters. The summed E-state index contributed by atoms with van der Waals surface area (Å²) in [6.45, 7) is 0. The molecule has 1 saturated carbocycles. The molecule has 0 saturated heterocycles. The second kappa shape index (κ2) is 6.60. The van der Waals surface area contributed by atoms with E-state index in [2.05, 4.69) is 20.6 Å². The van der Waals surface area contributed by atoms with Crippen molar-refractivity contribution in [2.45, 2.75) is 38.1 Å². The van der Waals surface area contributed by atoms with Gasteiger partial charge in [-0.15, -0.1) is 0 Å². The van der Waals surface area contributed by atoms with Crippen LogP contribution in [0.4, 0.5) is 5.69 Å². The van der Waals surface area contributed by atoms with Crippen molar-refractivity contribution in [2.24, 2.45) is 4.99 Å². The molecule has 5 nitrogen and oxygen atoms in total. The number of hydrogen-bond acceptors (Lipinski definition) is 3. The third kappa shape index (κ3) is 3.74. The molecule has 2 rings (SSSR count). The Labute approximate surface area is 107 Å². The van der Waals surface area contributed by atoms with Gasteiger partial charge in [0.05, 0.1) is 6.04 Å². The molecule has 0 spiro atoms. The maximum absolute atomic E-state index is 8.75. The van der Waals surface area contributed by atoms with Crippen LogP contribution in [0.15, 0.2) is 29.5 Å². The second-order valence-corrected chi connectivity index (χ2v) is 4.37. The number of anilines is 1. The Kier molecular flexibility index (Phi) is 4.53. The normalized spacial score (nSPS) is 16.9. The number of guanidine groups is 1. The number of nitrogens with zero attached hydrogens (tertiary/aromatic N) is 3. The summed E-state index contributed by atoms with van der Waals surface area (Å²) in [6, 6.07) is 4.01. The van der Waals surface area contributed by atoms with E-state index in [9.17, 15) is 0 Å². The Morgan fingerprint density at radius 1 is 1.28 bits per heavy atom. The van der Waals surface area contributed by atoms with E-state index in [0.717, 1.165) is 18.5 Å². The fourth-order valence-electron chi connectivity index (χ4n) is 2.11. The highest BCUT2D eigenvalue weighted by Gasteiger charge is 2.13. The molecule has 2 N–H and O–H groups in total. The number of hydrogen-bond donors (Lipinski definition) is 2. The molecule has 5 heteroatoms. The van der Waals surface area contributed by atoms with E-state index in [-0.39, 0.29) is 0 Å². The first kappa shape index (κ1) is 12.4. The maximum Gasteiger partial charge on any atom is 0.209 e. The molecule has 1 aliphatic rings. The summed E-state index contributed by atoms with van der Waals surface area (Å²) in [5.41, 5.74) is 0.877. The van der Waals surface area contributed by atoms with Crippen LogP contribution in [0.25, 0.3) is 0 Å². The standard InChI is InChI=1S/C13H17N5/c14-10-16-13(17-11-4-2-1-3-5-11)18-12-6-8-15-9-7-12/h6-9,11H,1-5H2,(H2,15,16,17,18). The monoisotopic (exact) mass is 243 g/mol. The average molecular weight is 243 g/mol. The smallest absolute Gasteiger partial charge is 0.209 e. The van der Waals surface area contributed by atoms with Crippen molar-refractivity contribution in [3.63, 3.8) is 0 Å². The molecule has 0 aliphatic heterocycles. The largest absolute Gasteiger partial charge is 0.325 e. The topological polar surface area (TPSA) is 73.1 Å². The molecular formula is C13H17N5. The Balaban J connectivity index is 2.03. The van der Waals surface area contributed by atoms with Gasteiger partial charge in [-0.05, 0) is 25.0 Å². The summed E-state index contributed by atoms with van der Waals surface area (Å²) in [5, 5.41) is 14.5. The van der Waals surface area contributed by atoms with E-state index >= 15 is 0 Å². The first-order chi connectivity index (χ1) is 8.88. The van der Waals surface area contributed by atoms with Gasteiger partial charge in [-0.1, -0.05) is 19.3 Å². The van der Waals surface area contributed by atoms with Crippen LogP contribution in [0.5, 0.6) is 0 Å². The van der Waals surface area contributed by atoms with Gasteiger partial charge in [-0.2, -0.15) is 5.26 Å². The van der Waals surface area contributed by atoms with Gasteiger partial charge in [-0.3, -0.25) is 10.3 Å².